The molecule has 1 fully saturated rings. The number of carbonyl (C=O) groups excluding carboxylic acids is 2. The van der Waals surface area contributed by atoms with Crippen molar-refractivity contribution in [3.63, 3.8) is 0 Å². The fraction of sp³-hybridized carbons (Fsp3) is 0.526. The summed E-state index contributed by atoms with van der Waals surface area (Å²) in [5.74, 6) is -0.718. The highest BCUT2D eigenvalue weighted by Gasteiger charge is 2.29. The highest BCUT2D eigenvalue weighted by atomic mass is 16.4. The Bertz CT molecular complexity index is 733. The summed E-state index contributed by atoms with van der Waals surface area (Å²) >= 11 is 0. The molecular weight excluding hydrogens is 334 g/mol. The van der Waals surface area contributed by atoms with E-state index in [-0.39, 0.29) is 30.2 Å². The molecule has 0 bridgehead atoms. The number of carbonyl (C=O) groups is 3. The lowest BCUT2D eigenvalue weighted by molar-refractivity contribution is -0.137. The second kappa shape index (κ2) is 7.35. The van der Waals surface area contributed by atoms with E-state index in [4.69, 9.17) is 5.11 Å². The number of nitrogens with zero attached hydrogens (tertiary/aromatic N) is 2. The predicted molar refractivity (Wildman–Crippen MR) is 98.4 cm³/mol. The van der Waals surface area contributed by atoms with Gasteiger partial charge in [-0.05, 0) is 50.3 Å². The number of piperidine rings is 1. The fourth-order valence-electron chi connectivity index (χ4n) is 3.69. The zero-order valence-electron chi connectivity index (χ0n) is 15.2. The van der Waals surface area contributed by atoms with Gasteiger partial charge in [0.05, 0.1) is 11.4 Å². The van der Waals surface area contributed by atoms with Crippen LogP contribution in [0.5, 0.6) is 0 Å². The van der Waals surface area contributed by atoms with E-state index in [2.05, 4.69) is 5.32 Å². The predicted octanol–water partition coefficient (Wildman–Crippen LogP) is 2.18. The first-order valence-corrected chi connectivity index (χ1v) is 9.05. The number of likely N-dealkylation sites (N-methyl/N-ethyl adjacent to an activating group) is 1. The number of nitrogens with one attached hydrogen (secondary N) is 1. The molecule has 2 heterocycles. The van der Waals surface area contributed by atoms with Gasteiger partial charge in [0.15, 0.2) is 0 Å². The quantitative estimate of drug-likeness (QED) is 0.860. The van der Waals surface area contributed by atoms with Crippen LogP contribution in [0.15, 0.2) is 18.2 Å². The molecule has 140 valence electrons. The minimum atomic E-state index is -0.794. The van der Waals surface area contributed by atoms with Crippen molar-refractivity contribution in [3.05, 3.63) is 23.8 Å². The molecule has 26 heavy (non-hydrogen) atoms. The van der Waals surface area contributed by atoms with Crippen molar-refractivity contribution in [1.29, 1.82) is 0 Å². The van der Waals surface area contributed by atoms with Crippen LogP contribution in [0.1, 0.15) is 43.0 Å². The fourth-order valence-corrected chi connectivity index (χ4v) is 3.69. The van der Waals surface area contributed by atoms with Crippen molar-refractivity contribution in [1.82, 2.24) is 4.90 Å². The Morgan fingerprint density at radius 2 is 2.12 bits per heavy atom. The molecule has 1 saturated heterocycles. The molecule has 2 aliphatic heterocycles. The number of rotatable bonds is 4. The molecule has 2 aliphatic rings. The highest BCUT2D eigenvalue weighted by molar-refractivity contribution is 6.05. The number of likely N-dealkylation sites (tertiary alicyclic amines) is 1. The average molecular weight is 359 g/mol. The molecule has 0 aromatic heterocycles. The summed E-state index contributed by atoms with van der Waals surface area (Å²) in [6, 6.07) is 5.15. The van der Waals surface area contributed by atoms with Crippen molar-refractivity contribution in [2.24, 2.45) is 5.92 Å². The van der Waals surface area contributed by atoms with Gasteiger partial charge in [-0.15, -0.1) is 0 Å². The molecule has 2 atom stereocenters. The minimum Gasteiger partial charge on any atom is -0.481 e. The third-order valence-electron chi connectivity index (χ3n) is 5.41. The molecule has 1 aromatic rings. The van der Waals surface area contributed by atoms with E-state index in [0.717, 1.165) is 18.5 Å². The number of benzene rings is 1. The van der Waals surface area contributed by atoms with Gasteiger partial charge in [0, 0.05) is 32.1 Å². The molecule has 2 unspecified atom stereocenters. The summed E-state index contributed by atoms with van der Waals surface area (Å²) in [5.41, 5.74) is 2.10. The average Bonchev–Trinajstić information content (AvgIpc) is 2.63. The first-order chi connectivity index (χ1) is 12.4. The molecule has 0 spiro atoms. The zero-order valence-corrected chi connectivity index (χ0v) is 15.2. The van der Waals surface area contributed by atoms with Crippen molar-refractivity contribution in [2.45, 2.75) is 38.6 Å². The molecule has 0 saturated carbocycles. The lowest BCUT2D eigenvalue weighted by Gasteiger charge is -2.34. The van der Waals surface area contributed by atoms with Crippen LogP contribution in [-0.4, -0.2) is 54.0 Å². The Balaban J connectivity index is 1.73. The first kappa shape index (κ1) is 18.2. The Kier molecular flexibility index (Phi) is 5.15. The van der Waals surface area contributed by atoms with Crippen LogP contribution in [0.25, 0.3) is 0 Å². The van der Waals surface area contributed by atoms with Crippen molar-refractivity contribution in [3.8, 4) is 0 Å². The smallest absolute Gasteiger partial charge is 0.303 e. The van der Waals surface area contributed by atoms with Gasteiger partial charge in [0.2, 0.25) is 5.91 Å². The van der Waals surface area contributed by atoms with Crippen molar-refractivity contribution in [2.75, 3.05) is 30.4 Å². The second-order valence-corrected chi connectivity index (χ2v) is 7.20. The molecule has 7 nitrogen and oxygen atoms in total. The number of carboxylic acids is 1. The van der Waals surface area contributed by atoms with Gasteiger partial charge < -0.3 is 20.2 Å². The maximum atomic E-state index is 12.9. The highest BCUT2D eigenvalue weighted by Crippen LogP contribution is 2.32. The third-order valence-corrected chi connectivity index (χ3v) is 5.41. The van der Waals surface area contributed by atoms with Crippen LogP contribution in [0.2, 0.25) is 0 Å². The van der Waals surface area contributed by atoms with Crippen LogP contribution in [0.3, 0.4) is 0 Å². The Morgan fingerprint density at radius 1 is 1.35 bits per heavy atom. The number of carboxylic acid groups (broad SMARTS) is 1. The van der Waals surface area contributed by atoms with Crippen molar-refractivity contribution >= 4 is 29.2 Å². The molecule has 1 aromatic carbocycles. The molecule has 2 amide bonds. The molecule has 2 N–H and O–H groups in total. The molecule has 0 aliphatic carbocycles. The van der Waals surface area contributed by atoms with E-state index in [1.54, 1.807) is 17.0 Å². The van der Waals surface area contributed by atoms with Crippen LogP contribution < -0.4 is 10.2 Å². The largest absolute Gasteiger partial charge is 0.481 e. The Morgan fingerprint density at radius 3 is 2.85 bits per heavy atom. The molecule has 3 rings (SSSR count). The summed E-state index contributed by atoms with van der Waals surface area (Å²) in [7, 11) is 1.86. The van der Waals surface area contributed by atoms with Crippen LogP contribution in [0.4, 0.5) is 11.4 Å². The monoisotopic (exact) mass is 359 g/mol. The maximum Gasteiger partial charge on any atom is 0.303 e. The van der Waals surface area contributed by atoms with E-state index >= 15 is 0 Å². The Hall–Kier alpha value is -2.57. The van der Waals surface area contributed by atoms with Crippen molar-refractivity contribution < 1.29 is 19.5 Å². The first-order valence-electron chi connectivity index (χ1n) is 9.05. The van der Waals surface area contributed by atoms with Gasteiger partial charge in [-0.25, -0.2) is 0 Å². The molecular formula is C19H25N3O4. The molecule has 0 radical (unpaired) electrons. The summed E-state index contributed by atoms with van der Waals surface area (Å²) in [4.78, 5) is 39.4. The minimum absolute atomic E-state index is 0.0663. The van der Waals surface area contributed by atoms with E-state index in [0.29, 0.717) is 30.8 Å². The SMILES string of the molecule is CC1C(=O)Nc2cc(C(=O)N3CCCC(CCC(=O)O)C3)ccc2N1C. The zero-order chi connectivity index (χ0) is 18.8. The second-order valence-electron chi connectivity index (χ2n) is 7.20. The van der Waals surface area contributed by atoms with Crippen LogP contribution in [-0.2, 0) is 9.59 Å². The summed E-state index contributed by atoms with van der Waals surface area (Å²) < 4.78 is 0. The molecule has 7 heteroatoms. The summed E-state index contributed by atoms with van der Waals surface area (Å²) in [5, 5.41) is 11.7. The normalized spacial score (nSPS) is 22.6. The third kappa shape index (κ3) is 3.66. The Labute approximate surface area is 153 Å². The number of amides is 2. The van der Waals surface area contributed by atoms with E-state index < -0.39 is 5.97 Å². The number of anilines is 2. The lowest BCUT2D eigenvalue weighted by atomic mass is 9.93. The topological polar surface area (TPSA) is 90.0 Å². The maximum absolute atomic E-state index is 12.9. The van der Waals surface area contributed by atoms with Gasteiger partial charge in [-0.2, -0.15) is 0 Å². The van der Waals surface area contributed by atoms with Crippen LogP contribution in [0, 0.1) is 5.92 Å². The van der Waals surface area contributed by atoms with E-state index in [9.17, 15) is 14.4 Å². The van der Waals surface area contributed by atoms with E-state index in [1.807, 2.05) is 24.9 Å². The standard InChI is InChI=1S/C19H25N3O4/c1-12-18(25)20-15-10-14(6-7-16(15)21(12)2)19(26)22-9-3-4-13(11-22)5-8-17(23)24/h6-7,10,12-13H,3-5,8-9,11H2,1-2H3,(H,20,25)(H,23,24). The van der Waals surface area contributed by atoms with Gasteiger partial charge in [0.1, 0.15) is 6.04 Å². The van der Waals surface area contributed by atoms with Gasteiger partial charge >= 0.3 is 5.97 Å². The lowest BCUT2D eigenvalue weighted by Crippen LogP contribution is -2.44. The summed E-state index contributed by atoms with van der Waals surface area (Å²) in [6.07, 6.45) is 2.59. The number of fused-ring (bicyclic) bond motifs is 1. The number of aliphatic carboxylic acids is 1. The van der Waals surface area contributed by atoms with Crippen LogP contribution >= 0.6 is 0 Å². The van der Waals surface area contributed by atoms with E-state index in [1.165, 1.54) is 0 Å². The summed E-state index contributed by atoms with van der Waals surface area (Å²) in [6.45, 7) is 3.11. The van der Waals surface area contributed by atoms with Gasteiger partial charge in [-0.1, -0.05) is 0 Å². The number of hydrogen-bond donors (Lipinski definition) is 2. The van der Waals surface area contributed by atoms with Gasteiger partial charge in [0.25, 0.3) is 5.91 Å². The van der Waals surface area contributed by atoms with Gasteiger partial charge in [-0.3, -0.25) is 14.4 Å². The number of hydrogen-bond acceptors (Lipinski definition) is 4.